The van der Waals surface area contributed by atoms with E-state index in [1.54, 1.807) is 18.5 Å². The zero-order chi connectivity index (χ0) is 22.8. The minimum Gasteiger partial charge on any atom is -0.489 e. The Labute approximate surface area is 191 Å². The van der Waals surface area contributed by atoms with Crippen molar-refractivity contribution >= 4 is 16.8 Å². The Morgan fingerprint density at radius 2 is 1.94 bits per heavy atom. The van der Waals surface area contributed by atoms with Crippen LogP contribution < -0.4 is 4.74 Å². The van der Waals surface area contributed by atoms with E-state index in [1.807, 2.05) is 48.2 Å². The Kier molecular flexibility index (Phi) is 5.73. The van der Waals surface area contributed by atoms with E-state index in [9.17, 15) is 9.18 Å². The van der Waals surface area contributed by atoms with Crippen LogP contribution >= 0.6 is 0 Å². The third-order valence-electron chi connectivity index (χ3n) is 5.99. The van der Waals surface area contributed by atoms with Crippen LogP contribution in [-0.2, 0) is 4.79 Å². The van der Waals surface area contributed by atoms with Gasteiger partial charge in [0.25, 0.3) is 0 Å². The highest BCUT2D eigenvalue weighted by atomic mass is 19.1. The lowest BCUT2D eigenvalue weighted by molar-refractivity contribution is -0.128. The van der Waals surface area contributed by atoms with E-state index < -0.39 is 0 Å². The first-order valence-electron chi connectivity index (χ1n) is 11.1. The number of aromatic nitrogens is 2. The molecule has 0 bridgehead atoms. The van der Waals surface area contributed by atoms with Gasteiger partial charge in [0.15, 0.2) is 0 Å². The molecular weight excluding hydrogens is 417 g/mol. The second kappa shape index (κ2) is 8.98. The van der Waals surface area contributed by atoms with Crippen molar-refractivity contribution in [1.29, 1.82) is 0 Å². The lowest BCUT2D eigenvalue weighted by Crippen LogP contribution is -2.29. The van der Waals surface area contributed by atoms with Gasteiger partial charge in [0.2, 0.25) is 5.91 Å². The maximum atomic E-state index is 13.9. The summed E-state index contributed by atoms with van der Waals surface area (Å²) in [4.78, 5) is 22.9. The number of carbonyl (C=O) groups is 1. The number of rotatable bonds is 6. The van der Waals surface area contributed by atoms with Crippen LogP contribution in [0, 0.1) is 12.7 Å². The van der Waals surface area contributed by atoms with Crippen LogP contribution in [-0.4, -0.2) is 40.5 Å². The van der Waals surface area contributed by atoms with Gasteiger partial charge < -0.3 is 9.64 Å². The number of likely N-dealkylation sites (tertiary alicyclic amines) is 1. The summed E-state index contributed by atoms with van der Waals surface area (Å²) in [5, 5.41) is 0.941. The first-order chi connectivity index (χ1) is 16.1. The SMILES string of the molecule is Cc1cc(-c2cccnc2)nc2c(OCCN3CCCC3=O)cc(-c3cccc(F)c3)cc12. The molecule has 1 saturated heterocycles. The molecule has 5 nitrogen and oxygen atoms in total. The molecule has 0 N–H and O–H groups in total. The highest BCUT2D eigenvalue weighted by Crippen LogP contribution is 2.35. The summed E-state index contributed by atoms with van der Waals surface area (Å²) in [5.74, 6) is 0.501. The molecule has 166 valence electrons. The monoisotopic (exact) mass is 441 g/mol. The van der Waals surface area contributed by atoms with Crippen LogP contribution in [0.4, 0.5) is 4.39 Å². The zero-order valence-electron chi connectivity index (χ0n) is 18.4. The van der Waals surface area contributed by atoms with E-state index in [2.05, 4.69) is 4.98 Å². The Morgan fingerprint density at radius 3 is 2.70 bits per heavy atom. The van der Waals surface area contributed by atoms with Crippen molar-refractivity contribution in [3.63, 3.8) is 0 Å². The second-order valence-corrected chi connectivity index (χ2v) is 8.28. The number of fused-ring (bicyclic) bond motifs is 1. The molecule has 3 heterocycles. The molecule has 0 unspecified atom stereocenters. The molecule has 2 aromatic heterocycles. The van der Waals surface area contributed by atoms with Gasteiger partial charge in [0.1, 0.15) is 23.7 Å². The maximum Gasteiger partial charge on any atom is 0.222 e. The molecule has 0 atom stereocenters. The fraction of sp³-hybridized carbons (Fsp3) is 0.222. The minimum absolute atomic E-state index is 0.171. The number of hydrogen-bond donors (Lipinski definition) is 0. The summed E-state index contributed by atoms with van der Waals surface area (Å²) in [5.41, 5.74) is 5.13. The molecule has 1 aliphatic heterocycles. The predicted octanol–water partition coefficient (Wildman–Crippen LogP) is 5.41. The number of pyridine rings is 2. The smallest absolute Gasteiger partial charge is 0.222 e. The van der Waals surface area contributed by atoms with Crippen LogP contribution in [0.5, 0.6) is 5.75 Å². The van der Waals surface area contributed by atoms with Gasteiger partial charge in [0, 0.05) is 36.3 Å². The third-order valence-corrected chi connectivity index (χ3v) is 5.99. The second-order valence-electron chi connectivity index (χ2n) is 8.28. The summed E-state index contributed by atoms with van der Waals surface area (Å²) in [6.07, 6.45) is 5.02. The van der Waals surface area contributed by atoms with E-state index in [4.69, 9.17) is 9.72 Å². The van der Waals surface area contributed by atoms with Crippen LogP contribution in [0.15, 0.2) is 67.0 Å². The first-order valence-corrected chi connectivity index (χ1v) is 11.1. The van der Waals surface area contributed by atoms with Crippen molar-refractivity contribution in [2.45, 2.75) is 19.8 Å². The minimum atomic E-state index is -0.288. The fourth-order valence-electron chi connectivity index (χ4n) is 4.27. The molecule has 33 heavy (non-hydrogen) atoms. The van der Waals surface area contributed by atoms with Gasteiger partial charge in [-0.3, -0.25) is 9.78 Å². The fourth-order valence-corrected chi connectivity index (χ4v) is 4.27. The Bertz CT molecular complexity index is 1320. The lowest BCUT2D eigenvalue weighted by atomic mass is 9.99. The van der Waals surface area contributed by atoms with Gasteiger partial charge in [-0.15, -0.1) is 0 Å². The van der Waals surface area contributed by atoms with Gasteiger partial charge in [-0.25, -0.2) is 9.37 Å². The molecular formula is C27H24FN3O2. The standard InChI is InChI=1S/C27H24FN3O2/c1-18-13-24(20-6-3-9-29-17-20)30-27-23(18)15-21(19-5-2-7-22(28)14-19)16-25(27)33-12-11-31-10-4-8-26(31)32/h2-3,5-7,9,13-17H,4,8,10-12H2,1H3. The summed E-state index contributed by atoms with van der Waals surface area (Å²) in [6, 6.07) is 16.3. The first kappa shape index (κ1) is 21.1. The van der Waals surface area contributed by atoms with Crippen molar-refractivity contribution in [2.75, 3.05) is 19.7 Å². The average molecular weight is 442 g/mol. The molecule has 1 amide bonds. The molecule has 2 aromatic carbocycles. The normalized spacial score (nSPS) is 13.6. The van der Waals surface area contributed by atoms with E-state index in [0.29, 0.717) is 25.3 Å². The number of amides is 1. The predicted molar refractivity (Wildman–Crippen MR) is 126 cm³/mol. The van der Waals surface area contributed by atoms with Gasteiger partial charge in [-0.2, -0.15) is 0 Å². The van der Waals surface area contributed by atoms with Crippen LogP contribution in [0.1, 0.15) is 18.4 Å². The number of aryl methyl sites for hydroxylation is 1. The topological polar surface area (TPSA) is 55.3 Å². The Balaban J connectivity index is 1.58. The maximum absolute atomic E-state index is 13.9. The molecule has 1 aliphatic rings. The summed E-state index contributed by atoms with van der Waals surface area (Å²) < 4.78 is 20.1. The van der Waals surface area contributed by atoms with Crippen molar-refractivity contribution in [3.8, 4) is 28.1 Å². The Hall–Kier alpha value is -3.80. The van der Waals surface area contributed by atoms with Crippen LogP contribution in [0.2, 0.25) is 0 Å². The molecule has 0 radical (unpaired) electrons. The molecule has 0 spiro atoms. The molecule has 5 rings (SSSR count). The Morgan fingerprint density at radius 1 is 1.06 bits per heavy atom. The highest BCUT2D eigenvalue weighted by molar-refractivity contribution is 5.93. The number of hydrogen-bond acceptors (Lipinski definition) is 4. The summed E-state index contributed by atoms with van der Waals surface area (Å²) >= 11 is 0. The van der Waals surface area contributed by atoms with Gasteiger partial charge in [-0.1, -0.05) is 12.1 Å². The van der Waals surface area contributed by atoms with E-state index in [1.165, 1.54) is 12.1 Å². The van der Waals surface area contributed by atoms with Crippen LogP contribution in [0.3, 0.4) is 0 Å². The lowest BCUT2D eigenvalue weighted by Gasteiger charge is -2.18. The quantitative estimate of drug-likeness (QED) is 0.401. The van der Waals surface area contributed by atoms with Crippen molar-refractivity contribution in [3.05, 3.63) is 78.4 Å². The van der Waals surface area contributed by atoms with Gasteiger partial charge >= 0.3 is 0 Å². The molecule has 6 heteroatoms. The number of benzene rings is 2. The van der Waals surface area contributed by atoms with Crippen LogP contribution in [0.25, 0.3) is 33.3 Å². The van der Waals surface area contributed by atoms with Crippen molar-refractivity contribution in [2.24, 2.45) is 0 Å². The molecule has 1 fully saturated rings. The largest absolute Gasteiger partial charge is 0.489 e. The van der Waals surface area contributed by atoms with Gasteiger partial charge in [0.05, 0.1) is 12.2 Å². The summed E-state index contributed by atoms with van der Waals surface area (Å²) in [6.45, 7) is 3.71. The van der Waals surface area contributed by atoms with Gasteiger partial charge in [-0.05, 0) is 72.5 Å². The van der Waals surface area contributed by atoms with E-state index in [-0.39, 0.29) is 11.7 Å². The molecule has 0 aliphatic carbocycles. The third kappa shape index (κ3) is 4.42. The summed E-state index contributed by atoms with van der Waals surface area (Å²) in [7, 11) is 0. The number of ether oxygens (including phenoxy) is 1. The van der Waals surface area contributed by atoms with Crippen molar-refractivity contribution in [1.82, 2.24) is 14.9 Å². The number of nitrogens with zero attached hydrogens (tertiary/aromatic N) is 3. The number of carbonyl (C=O) groups excluding carboxylic acids is 1. The van der Waals surface area contributed by atoms with E-state index >= 15 is 0 Å². The zero-order valence-corrected chi connectivity index (χ0v) is 18.4. The highest BCUT2D eigenvalue weighted by Gasteiger charge is 2.20. The number of halogens is 1. The average Bonchev–Trinajstić information content (AvgIpc) is 3.24. The van der Waals surface area contributed by atoms with E-state index in [0.717, 1.165) is 51.8 Å². The molecule has 0 saturated carbocycles. The van der Waals surface area contributed by atoms with Crippen molar-refractivity contribution < 1.29 is 13.9 Å². The molecule has 4 aromatic rings.